The third-order valence-corrected chi connectivity index (χ3v) is 5.48. The largest absolute Gasteiger partial charge is 0.490 e. The Morgan fingerprint density at radius 2 is 1.89 bits per heavy atom. The number of amides is 2. The van der Waals surface area contributed by atoms with Gasteiger partial charge in [-0.15, -0.1) is 0 Å². The smallest absolute Gasteiger partial charge is 0.410 e. The van der Waals surface area contributed by atoms with Crippen LogP contribution in [0.4, 0.5) is 4.79 Å². The predicted molar refractivity (Wildman–Crippen MR) is 104 cm³/mol. The van der Waals surface area contributed by atoms with Gasteiger partial charge in [0, 0.05) is 19.1 Å². The lowest BCUT2D eigenvalue weighted by atomic mass is 10.0. The number of hydrogen-bond acceptors (Lipinski definition) is 5. The molecule has 2 saturated heterocycles. The highest BCUT2D eigenvalue weighted by atomic mass is 79.9. The Labute approximate surface area is 171 Å². The van der Waals surface area contributed by atoms with E-state index < -0.39 is 0 Å². The molecule has 0 aliphatic carbocycles. The zero-order valence-corrected chi connectivity index (χ0v) is 16.8. The summed E-state index contributed by atoms with van der Waals surface area (Å²) in [5, 5.41) is 0. The topological polar surface area (TPSA) is 72.2 Å². The van der Waals surface area contributed by atoms with Gasteiger partial charge in [-0.25, -0.2) is 4.79 Å². The molecule has 7 nitrogen and oxygen atoms in total. The molecule has 1 aromatic heterocycles. The number of hydrogen-bond donors (Lipinski definition) is 0. The van der Waals surface area contributed by atoms with Crippen LogP contribution < -0.4 is 4.74 Å². The van der Waals surface area contributed by atoms with Gasteiger partial charge in [0.1, 0.15) is 12.4 Å². The number of cyclic esters (lactones) is 1. The molecule has 0 radical (unpaired) electrons. The molecule has 2 amide bonds. The summed E-state index contributed by atoms with van der Waals surface area (Å²) in [4.78, 5) is 28.3. The summed E-state index contributed by atoms with van der Waals surface area (Å²) in [6.07, 6.45) is 0.846. The maximum Gasteiger partial charge on any atom is 0.410 e. The maximum atomic E-state index is 12.5. The van der Waals surface area contributed by atoms with Crippen LogP contribution in [0.25, 0.3) is 0 Å². The van der Waals surface area contributed by atoms with Crippen molar-refractivity contribution in [1.29, 1.82) is 0 Å². The summed E-state index contributed by atoms with van der Waals surface area (Å²) < 4.78 is 17.0. The lowest BCUT2D eigenvalue weighted by Gasteiger charge is -2.35. The summed E-state index contributed by atoms with van der Waals surface area (Å²) in [6, 6.07) is 12.9. The van der Waals surface area contributed by atoms with Crippen LogP contribution in [0, 0.1) is 0 Å². The van der Waals surface area contributed by atoms with Gasteiger partial charge in [-0.3, -0.25) is 4.79 Å². The minimum absolute atomic E-state index is 0.0709. The van der Waals surface area contributed by atoms with E-state index in [1.165, 1.54) is 0 Å². The lowest BCUT2D eigenvalue weighted by Crippen LogP contribution is -2.47. The third kappa shape index (κ3) is 4.16. The first-order chi connectivity index (χ1) is 13.6. The van der Waals surface area contributed by atoms with Gasteiger partial charge in [0.15, 0.2) is 16.5 Å². The number of likely N-dealkylation sites (tertiary alicyclic amines) is 1. The average molecular weight is 449 g/mol. The van der Waals surface area contributed by atoms with Gasteiger partial charge >= 0.3 is 6.09 Å². The fourth-order valence-corrected chi connectivity index (χ4v) is 3.90. The van der Waals surface area contributed by atoms with E-state index in [9.17, 15) is 9.59 Å². The van der Waals surface area contributed by atoms with Gasteiger partial charge in [-0.05, 0) is 53.0 Å². The summed E-state index contributed by atoms with van der Waals surface area (Å²) in [5.41, 5.74) is 0. The monoisotopic (exact) mass is 448 g/mol. The molecule has 1 aromatic carbocycles. The first kappa shape index (κ1) is 18.9. The lowest BCUT2D eigenvalue weighted by molar-refractivity contribution is 0.0626. The van der Waals surface area contributed by atoms with E-state index in [0.29, 0.717) is 36.7 Å². The van der Waals surface area contributed by atoms with Crippen LogP contribution in [-0.2, 0) is 4.74 Å². The number of benzene rings is 1. The van der Waals surface area contributed by atoms with Crippen molar-refractivity contribution < 1.29 is 23.5 Å². The molecule has 1 unspecified atom stereocenters. The van der Waals surface area contributed by atoms with Crippen LogP contribution in [-0.4, -0.2) is 60.2 Å². The molecule has 28 heavy (non-hydrogen) atoms. The van der Waals surface area contributed by atoms with Gasteiger partial charge in [0.25, 0.3) is 5.91 Å². The number of carbonyl (C=O) groups excluding carboxylic acids is 2. The Hall–Kier alpha value is -2.48. The first-order valence-corrected chi connectivity index (χ1v) is 10.1. The molecule has 1 atom stereocenters. The highest BCUT2D eigenvalue weighted by Crippen LogP contribution is 2.25. The third-order valence-electron chi connectivity index (χ3n) is 5.06. The molecule has 0 spiro atoms. The van der Waals surface area contributed by atoms with Gasteiger partial charge in [0.05, 0.1) is 6.54 Å². The molecular weight excluding hydrogens is 428 g/mol. The van der Waals surface area contributed by atoms with E-state index in [4.69, 9.17) is 13.9 Å². The fraction of sp³-hybridized carbons (Fsp3) is 0.400. The van der Waals surface area contributed by atoms with Crippen molar-refractivity contribution >= 4 is 27.9 Å². The number of piperidine rings is 1. The second-order valence-electron chi connectivity index (χ2n) is 6.91. The average Bonchev–Trinajstić information content (AvgIpc) is 3.32. The fourth-order valence-electron chi connectivity index (χ4n) is 3.60. The number of para-hydroxylation sites is 1. The van der Waals surface area contributed by atoms with Crippen LogP contribution in [0.2, 0.25) is 0 Å². The molecule has 2 aliphatic heterocycles. The van der Waals surface area contributed by atoms with Crippen LogP contribution in [0.5, 0.6) is 5.75 Å². The van der Waals surface area contributed by atoms with E-state index in [2.05, 4.69) is 15.9 Å². The summed E-state index contributed by atoms with van der Waals surface area (Å²) in [7, 11) is 0. The number of nitrogens with zero attached hydrogens (tertiary/aromatic N) is 2. The minimum atomic E-state index is -0.304. The summed E-state index contributed by atoms with van der Waals surface area (Å²) >= 11 is 3.21. The van der Waals surface area contributed by atoms with E-state index in [1.807, 2.05) is 30.3 Å². The normalized spacial score (nSPS) is 20.3. The zero-order chi connectivity index (χ0) is 19.5. The van der Waals surface area contributed by atoms with E-state index in [0.717, 1.165) is 18.6 Å². The van der Waals surface area contributed by atoms with E-state index >= 15 is 0 Å². The number of furan rings is 1. The Morgan fingerprint density at radius 3 is 2.57 bits per heavy atom. The molecule has 0 N–H and O–H groups in total. The van der Waals surface area contributed by atoms with Crippen molar-refractivity contribution in [3.63, 3.8) is 0 Å². The van der Waals surface area contributed by atoms with Crippen molar-refractivity contribution in [2.24, 2.45) is 0 Å². The van der Waals surface area contributed by atoms with Gasteiger partial charge in [0.2, 0.25) is 0 Å². The minimum Gasteiger partial charge on any atom is -0.490 e. The van der Waals surface area contributed by atoms with E-state index in [1.54, 1.807) is 21.9 Å². The Balaban J connectivity index is 1.27. The SMILES string of the molecule is O=C(c1ccc(Br)o1)N1CCC(N2CC(COc3ccccc3)OC2=O)CC1. The van der Waals surface area contributed by atoms with Crippen molar-refractivity contribution in [3.8, 4) is 5.75 Å². The van der Waals surface area contributed by atoms with Crippen molar-refractivity contribution in [1.82, 2.24) is 9.80 Å². The van der Waals surface area contributed by atoms with Gasteiger partial charge in [-0.2, -0.15) is 0 Å². The molecule has 3 heterocycles. The second kappa shape index (κ2) is 8.26. The molecule has 0 bridgehead atoms. The Morgan fingerprint density at radius 1 is 1.14 bits per heavy atom. The number of ether oxygens (including phenoxy) is 2. The zero-order valence-electron chi connectivity index (χ0n) is 15.3. The molecular formula is C20H21BrN2O5. The molecule has 8 heteroatoms. The van der Waals surface area contributed by atoms with Crippen LogP contribution in [0.1, 0.15) is 23.4 Å². The van der Waals surface area contributed by atoms with Gasteiger partial charge < -0.3 is 23.7 Å². The second-order valence-corrected chi connectivity index (χ2v) is 7.69. The number of halogens is 1. The molecule has 148 valence electrons. The van der Waals surface area contributed by atoms with Crippen LogP contribution in [0.15, 0.2) is 51.6 Å². The standard InChI is InChI=1S/C20H21BrN2O5/c21-18-7-6-17(28-18)19(24)22-10-8-14(9-11-22)23-12-16(27-20(23)25)13-26-15-4-2-1-3-5-15/h1-7,14,16H,8-13H2. The van der Waals surface area contributed by atoms with Gasteiger partial charge in [-0.1, -0.05) is 18.2 Å². The highest BCUT2D eigenvalue weighted by Gasteiger charge is 2.38. The van der Waals surface area contributed by atoms with Crippen LogP contribution >= 0.6 is 15.9 Å². The molecule has 4 rings (SSSR count). The first-order valence-electron chi connectivity index (χ1n) is 9.30. The van der Waals surface area contributed by atoms with Crippen molar-refractivity contribution in [2.45, 2.75) is 25.0 Å². The predicted octanol–water partition coefficient (Wildman–Crippen LogP) is 3.55. The maximum absolute atomic E-state index is 12.5. The van der Waals surface area contributed by atoms with Crippen molar-refractivity contribution in [3.05, 3.63) is 52.9 Å². The summed E-state index contributed by atoms with van der Waals surface area (Å²) in [6.45, 7) is 2.00. The molecule has 0 saturated carbocycles. The van der Waals surface area contributed by atoms with E-state index in [-0.39, 0.29) is 24.1 Å². The summed E-state index contributed by atoms with van der Waals surface area (Å²) in [5.74, 6) is 0.958. The molecule has 2 fully saturated rings. The number of rotatable bonds is 5. The number of carbonyl (C=O) groups is 2. The van der Waals surface area contributed by atoms with Crippen molar-refractivity contribution in [2.75, 3.05) is 26.2 Å². The highest BCUT2D eigenvalue weighted by molar-refractivity contribution is 9.10. The Kier molecular flexibility index (Phi) is 5.57. The molecule has 2 aromatic rings. The van der Waals surface area contributed by atoms with Crippen LogP contribution in [0.3, 0.4) is 0 Å². The Bertz CT molecular complexity index is 832. The quantitative estimate of drug-likeness (QED) is 0.699. The molecule has 2 aliphatic rings.